The zero-order chi connectivity index (χ0) is 22.2. The first-order chi connectivity index (χ1) is 14.8. The number of carbonyl (C=O) groups excluding carboxylic acids is 2. The molecule has 2 aliphatic heterocycles. The van der Waals surface area contributed by atoms with Gasteiger partial charge in [-0.25, -0.2) is 4.79 Å². The molecule has 5 heteroatoms. The van der Waals surface area contributed by atoms with Gasteiger partial charge in [0.05, 0.1) is 17.6 Å². The van der Waals surface area contributed by atoms with Crippen molar-refractivity contribution in [2.75, 3.05) is 13.2 Å². The second-order valence-electron chi connectivity index (χ2n) is 9.87. The Kier molecular flexibility index (Phi) is 6.16. The SMILES string of the molecule is CCc1ccc([C@@H]2C(C(=O)OC[C@H]3CCCO3)=C(C)N=C3CC(C)(C)CC(=O)C32)cc1. The number of ether oxygens (including phenoxy) is 2. The molecular weight excluding hydrogens is 390 g/mol. The normalized spacial score (nSPS) is 27.7. The van der Waals surface area contributed by atoms with Crippen molar-refractivity contribution in [1.29, 1.82) is 0 Å². The van der Waals surface area contributed by atoms with E-state index in [1.165, 1.54) is 5.56 Å². The van der Waals surface area contributed by atoms with Crippen LogP contribution in [0.3, 0.4) is 0 Å². The van der Waals surface area contributed by atoms with E-state index in [4.69, 9.17) is 14.5 Å². The van der Waals surface area contributed by atoms with E-state index in [2.05, 4.69) is 45.0 Å². The molecule has 0 amide bonds. The summed E-state index contributed by atoms with van der Waals surface area (Å²) >= 11 is 0. The van der Waals surface area contributed by atoms with Gasteiger partial charge in [-0.15, -0.1) is 0 Å². The highest BCUT2D eigenvalue weighted by molar-refractivity contribution is 6.12. The first-order valence-electron chi connectivity index (χ1n) is 11.5. The molecule has 0 radical (unpaired) electrons. The molecule has 1 aromatic carbocycles. The molecule has 0 spiro atoms. The maximum atomic E-state index is 13.3. The van der Waals surface area contributed by atoms with Crippen LogP contribution in [0.5, 0.6) is 0 Å². The van der Waals surface area contributed by atoms with E-state index < -0.39 is 5.92 Å². The van der Waals surface area contributed by atoms with Gasteiger partial charge in [0.2, 0.25) is 0 Å². The standard InChI is InChI=1S/C26H33NO4/c1-5-17-8-10-18(11-9-17)23-22(25(29)31-15-19-7-6-12-30-19)16(2)27-20-13-26(3,4)14-21(28)24(20)23/h8-11,19,23-24H,5-7,12-15H2,1-4H3/t19-,23-,24?/m1/s1. The zero-order valence-corrected chi connectivity index (χ0v) is 19.1. The molecule has 0 bridgehead atoms. The minimum atomic E-state index is -0.394. The van der Waals surface area contributed by atoms with Gasteiger partial charge >= 0.3 is 5.97 Å². The molecule has 0 aromatic heterocycles. The van der Waals surface area contributed by atoms with Crippen LogP contribution in [0.4, 0.5) is 0 Å². The topological polar surface area (TPSA) is 65.0 Å². The van der Waals surface area contributed by atoms with Crippen molar-refractivity contribution in [3.05, 3.63) is 46.7 Å². The van der Waals surface area contributed by atoms with Gasteiger partial charge in [-0.2, -0.15) is 0 Å². The van der Waals surface area contributed by atoms with Crippen LogP contribution in [-0.2, 0) is 25.5 Å². The first-order valence-corrected chi connectivity index (χ1v) is 11.5. The quantitative estimate of drug-likeness (QED) is 0.639. The molecule has 166 valence electrons. The van der Waals surface area contributed by atoms with E-state index in [1.54, 1.807) is 0 Å². The van der Waals surface area contributed by atoms with Gasteiger partial charge in [0, 0.05) is 30.4 Å². The van der Waals surface area contributed by atoms with Crippen molar-refractivity contribution in [3.8, 4) is 0 Å². The number of nitrogens with zero attached hydrogens (tertiary/aromatic N) is 1. The van der Waals surface area contributed by atoms with Crippen LogP contribution in [0, 0.1) is 11.3 Å². The molecule has 1 aromatic rings. The fourth-order valence-corrected chi connectivity index (χ4v) is 5.20. The maximum Gasteiger partial charge on any atom is 0.336 e. The number of aryl methyl sites for hydroxylation is 1. The number of hydrogen-bond donors (Lipinski definition) is 0. The van der Waals surface area contributed by atoms with Crippen molar-refractivity contribution >= 4 is 17.5 Å². The van der Waals surface area contributed by atoms with E-state index in [0.717, 1.165) is 43.6 Å². The number of benzene rings is 1. The third-order valence-electron chi connectivity index (χ3n) is 6.76. The Hall–Kier alpha value is -2.27. The molecule has 1 saturated carbocycles. The Morgan fingerprint density at radius 3 is 2.58 bits per heavy atom. The van der Waals surface area contributed by atoms with Crippen molar-refractivity contribution < 1.29 is 19.1 Å². The minimum absolute atomic E-state index is 0.0353. The Morgan fingerprint density at radius 1 is 1.19 bits per heavy atom. The van der Waals surface area contributed by atoms with Gasteiger partial charge in [0.1, 0.15) is 12.4 Å². The molecule has 2 fully saturated rings. The van der Waals surface area contributed by atoms with Gasteiger partial charge in [-0.3, -0.25) is 9.79 Å². The Balaban J connectivity index is 1.71. The van der Waals surface area contributed by atoms with E-state index in [9.17, 15) is 9.59 Å². The minimum Gasteiger partial charge on any atom is -0.460 e. The largest absolute Gasteiger partial charge is 0.460 e. The van der Waals surface area contributed by atoms with Crippen LogP contribution >= 0.6 is 0 Å². The summed E-state index contributed by atoms with van der Waals surface area (Å²) in [5.74, 6) is -0.956. The van der Waals surface area contributed by atoms with Gasteiger partial charge < -0.3 is 9.47 Å². The Labute approximate surface area is 184 Å². The van der Waals surface area contributed by atoms with Crippen molar-refractivity contribution in [3.63, 3.8) is 0 Å². The number of esters is 1. The molecule has 3 aliphatic rings. The molecule has 5 nitrogen and oxygen atoms in total. The fourth-order valence-electron chi connectivity index (χ4n) is 5.20. The highest BCUT2D eigenvalue weighted by Crippen LogP contribution is 2.47. The summed E-state index contributed by atoms with van der Waals surface area (Å²) in [5, 5.41) is 0. The van der Waals surface area contributed by atoms with E-state index >= 15 is 0 Å². The lowest BCUT2D eigenvalue weighted by molar-refractivity contribution is -0.142. The molecule has 1 aliphatic carbocycles. The lowest BCUT2D eigenvalue weighted by Crippen LogP contribution is -2.44. The highest BCUT2D eigenvalue weighted by atomic mass is 16.6. The summed E-state index contributed by atoms with van der Waals surface area (Å²) in [6, 6.07) is 8.28. The second kappa shape index (κ2) is 8.70. The summed E-state index contributed by atoms with van der Waals surface area (Å²) in [7, 11) is 0. The first kappa shape index (κ1) is 21.9. The van der Waals surface area contributed by atoms with Crippen LogP contribution < -0.4 is 0 Å². The van der Waals surface area contributed by atoms with Crippen LogP contribution in [0.15, 0.2) is 40.5 Å². The predicted molar refractivity (Wildman–Crippen MR) is 120 cm³/mol. The van der Waals surface area contributed by atoms with Crippen LogP contribution in [-0.4, -0.2) is 36.8 Å². The summed E-state index contributed by atoms with van der Waals surface area (Å²) in [5.41, 5.74) is 4.18. The highest BCUT2D eigenvalue weighted by Gasteiger charge is 2.47. The number of rotatable bonds is 5. The molecule has 0 N–H and O–H groups in total. The number of ketones is 1. The Bertz CT molecular complexity index is 919. The number of allylic oxidation sites excluding steroid dienone is 1. The monoisotopic (exact) mass is 423 g/mol. The van der Waals surface area contributed by atoms with Gasteiger partial charge in [-0.1, -0.05) is 45.0 Å². The number of fused-ring (bicyclic) bond motifs is 1. The summed E-state index contributed by atoms with van der Waals surface area (Å²) < 4.78 is 11.3. The van der Waals surface area contributed by atoms with Gasteiger partial charge in [-0.05, 0) is 49.1 Å². The smallest absolute Gasteiger partial charge is 0.336 e. The summed E-state index contributed by atoms with van der Waals surface area (Å²) in [4.78, 5) is 31.4. The van der Waals surface area contributed by atoms with Gasteiger partial charge in [0.15, 0.2) is 0 Å². The van der Waals surface area contributed by atoms with Crippen LogP contribution in [0.2, 0.25) is 0 Å². The average molecular weight is 424 g/mol. The molecule has 2 heterocycles. The molecule has 31 heavy (non-hydrogen) atoms. The summed E-state index contributed by atoms with van der Waals surface area (Å²) in [6.45, 7) is 9.17. The van der Waals surface area contributed by atoms with E-state index in [-0.39, 0.29) is 35.8 Å². The average Bonchev–Trinajstić information content (AvgIpc) is 3.24. The zero-order valence-electron chi connectivity index (χ0n) is 19.1. The second-order valence-corrected chi connectivity index (χ2v) is 9.87. The third-order valence-corrected chi connectivity index (χ3v) is 6.76. The van der Waals surface area contributed by atoms with E-state index in [0.29, 0.717) is 17.7 Å². The Morgan fingerprint density at radius 2 is 1.94 bits per heavy atom. The molecule has 1 saturated heterocycles. The lowest BCUT2D eigenvalue weighted by Gasteiger charge is -2.41. The van der Waals surface area contributed by atoms with Gasteiger partial charge in [0.25, 0.3) is 0 Å². The van der Waals surface area contributed by atoms with E-state index in [1.807, 2.05) is 6.92 Å². The molecule has 3 atom stereocenters. The third kappa shape index (κ3) is 4.52. The number of carbonyl (C=O) groups is 2. The molecular formula is C26H33NO4. The molecule has 1 unspecified atom stereocenters. The van der Waals surface area contributed by atoms with Crippen molar-refractivity contribution in [2.24, 2.45) is 16.3 Å². The van der Waals surface area contributed by atoms with Crippen LogP contribution in [0.1, 0.15) is 70.4 Å². The predicted octanol–water partition coefficient (Wildman–Crippen LogP) is 4.79. The molecule has 4 rings (SSSR count). The maximum absolute atomic E-state index is 13.3. The van der Waals surface area contributed by atoms with Crippen LogP contribution in [0.25, 0.3) is 0 Å². The number of Topliss-reactive ketones (excluding diaryl/α,β-unsaturated/α-hetero) is 1. The number of aliphatic imine (C=N–C) groups is 1. The number of hydrogen-bond acceptors (Lipinski definition) is 5. The van der Waals surface area contributed by atoms with Crippen molar-refractivity contribution in [2.45, 2.75) is 71.8 Å². The lowest BCUT2D eigenvalue weighted by atomic mass is 9.63. The summed E-state index contributed by atoms with van der Waals surface area (Å²) in [6.07, 6.45) is 4.08. The fraction of sp³-hybridized carbons (Fsp3) is 0.577. The van der Waals surface area contributed by atoms with Crippen molar-refractivity contribution in [1.82, 2.24) is 0 Å².